The molecule has 0 aliphatic carbocycles. The number of carbonyl (C=O) groups excluding carboxylic acids is 1. The Morgan fingerprint density at radius 2 is 1.88 bits per heavy atom. The fourth-order valence-electron chi connectivity index (χ4n) is 2.35. The molecule has 1 heterocycles. The first-order valence-electron chi connectivity index (χ1n) is 8.36. The number of nitrogens with one attached hydrogen (secondary N) is 1. The molecule has 0 fully saturated rings. The van der Waals surface area contributed by atoms with Crippen molar-refractivity contribution in [3.8, 4) is 11.5 Å². The Hall–Kier alpha value is -1.92. The quantitative estimate of drug-likeness (QED) is 0.628. The van der Waals surface area contributed by atoms with E-state index in [1.807, 2.05) is 0 Å². The van der Waals surface area contributed by atoms with Gasteiger partial charge >= 0.3 is 0 Å². The molecule has 3 N–H and O–H groups in total. The lowest BCUT2D eigenvalue weighted by Crippen LogP contribution is -2.25. The zero-order chi connectivity index (χ0) is 17.2. The van der Waals surface area contributed by atoms with E-state index in [1.54, 1.807) is 18.4 Å². The van der Waals surface area contributed by atoms with Gasteiger partial charge in [0.2, 0.25) is 11.8 Å². The Morgan fingerprint density at radius 3 is 2.60 bits per heavy atom. The number of halogens is 2. The van der Waals surface area contributed by atoms with Gasteiger partial charge in [-0.1, -0.05) is 12.8 Å². The van der Waals surface area contributed by atoms with E-state index >= 15 is 0 Å². The molecule has 25 heavy (non-hydrogen) atoms. The van der Waals surface area contributed by atoms with Crippen LogP contribution in [0.5, 0.6) is 0 Å². The topological polar surface area (TPSA) is 81.2 Å². The van der Waals surface area contributed by atoms with Crippen molar-refractivity contribution in [3.63, 3.8) is 0 Å². The predicted octanol–water partition coefficient (Wildman–Crippen LogP) is 3.47. The van der Waals surface area contributed by atoms with Gasteiger partial charge in [-0.15, -0.1) is 12.4 Å². The summed E-state index contributed by atoms with van der Waals surface area (Å²) in [6.45, 7) is 1.24. The molecule has 0 saturated heterocycles. The third-order valence-electron chi connectivity index (χ3n) is 3.70. The molecule has 7 heteroatoms. The molecule has 5 nitrogen and oxygen atoms in total. The third-order valence-corrected chi connectivity index (χ3v) is 3.70. The molecule has 1 amide bonds. The highest BCUT2D eigenvalue weighted by atomic mass is 35.5. The summed E-state index contributed by atoms with van der Waals surface area (Å²) < 4.78 is 18.3. The van der Waals surface area contributed by atoms with Crippen LogP contribution in [-0.4, -0.2) is 24.0 Å². The van der Waals surface area contributed by atoms with Crippen LogP contribution in [0.2, 0.25) is 0 Å². The van der Waals surface area contributed by atoms with Crippen LogP contribution in [0.4, 0.5) is 4.39 Å². The van der Waals surface area contributed by atoms with Gasteiger partial charge in [-0.25, -0.2) is 9.37 Å². The third kappa shape index (κ3) is 7.67. The van der Waals surface area contributed by atoms with Gasteiger partial charge in [0, 0.05) is 24.9 Å². The maximum absolute atomic E-state index is 12.9. The highest BCUT2D eigenvalue weighted by molar-refractivity contribution is 5.85. The maximum atomic E-state index is 12.9. The monoisotopic (exact) mass is 369 g/mol. The van der Waals surface area contributed by atoms with Gasteiger partial charge in [0.15, 0.2) is 0 Å². The SMILES string of the molecule is Cl.NCCCCCCC(=O)NCCc1coc(-c2ccc(F)cc2)n1. The Morgan fingerprint density at radius 1 is 1.16 bits per heavy atom. The average molecular weight is 370 g/mol. The number of carbonyl (C=O) groups is 1. The Balaban J connectivity index is 0.00000312. The summed E-state index contributed by atoms with van der Waals surface area (Å²) in [5, 5.41) is 2.88. The van der Waals surface area contributed by atoms with Crippen LogP contribution in [-0.2, 0) is 11.2 Å². The van der Waals surface area contributed by atoms with Crippen molar-refractivity contribution in [3.05, 3.63) is 42.0 Å². The second-order valence-electron chi connectivity index (χ2n) is 5.70. The van der Waals surface area contributed by atoms with Crippen LogP contribution in [0, 0.1) is 5.82 Å². The van der Waals surface area contributed by atoms with E-state index in [0.29, 0.717) is 31.8 Å². The van der Waals surface area contributed by atoms with E-state index < -0.39 is 0 Å². The second kappa shape index (κ2) is 11.6. The first-order valence-corrected chi connectivity index (χ1v) is 8.36. The van der Waals surface area contributed by atoms with Crippen molar-refractivity contribution in [1.82, 2.24) is 10.3 Å². The summed E-state index contributed by atoms with van der Waals surface area (Å²) >= 11 is 0. The molecule has 138 valence electrons. The molecule has 1 aromatic carbocycles. The van der Waals surface area contributed by atoms with E-state index in [9.17, 15) is 9.18 Å². The van der Waals surface area contributed by atoms with E-state index in [-0.39, 0.29) is 24.1 Å². The van der Waals surface area contributed by atoms with Gasteiger partial charge in [0.05, 0.1) is 5.69 Å². The van der Waals surface area contributed by atoms with Crippen molar-refractivity contribution >= 4 is 18.3 Å². The summed E-state index contributed by atoms with van der Waals surface area (Å²) in [6.07, 6.45) is 6.74. The summed E-state index contributed by atoms with van der Waals surface area (Å²) in [7, 11) is 0. The standard InChI is InChI=1S/C18H24FN3O2.ClH/c19-15-8-6-14(7-9-15)18-22-16(13-24-18)10-12-21-17(23)5-3-1-2-4-11-20;/h6-9,13H,1-5,10-12,20H2,(H,21,23);1H. The second-order valence-corrected chi connectivity index (χ2v) is 5.70. The molecule has 0 aliphatic rings. The van der Waals surface area contributed by atoms with Gasteiger partial charge in [-0.2, -0.15) is 0 Å². The van der Waals surface area contributed by atoms with E-state index in [1.165, 1.54) is 12.1 Å². The summed E-state index contributed by atoms with van der Waals surface area (Å²) in [4.78, 5) is 16.1. The minimum Gasteiger partial charge on any atom is -0.444 e. The molecule has 0 spiro atoms. The summed E-state index contributed by atoms with van der Waals surface area (Å²) in [6, 6.07) is 5.98. The van der Waals surface area contributed by atoms with Crippen molar-refractivity contribution in [2.45, 2.75) is 38.5 Å². The van der Waals surface area contributed by atoms with Crippen molar-refractivity contribution < 1.29 is 13.6 Å². The Labute approximate surface area is 153 Å². The molecule has 0 aliphatic heterocycles. The van der Waals surface area contributed by atoms with Crippen LogP contribution < -0.4 is 11.1 Å². The molecule has 2 aromatic rings. The summed E-state index contributed by atoms with van der Waals surface area (Å²) in [5.74, 6) is 0.220. The van der Waals surface area contributed by atoms with Gasteiger partial charge < -0.3 is 15.5 Å². The predicted molar refractivity (Wildman–Crippen MR) is 98.0 cm³/mol. The van der Waals surface area contributed by atoms with Crippen LogP contribution in [0.1, 0.15) is 37.8 Å². The molecular formula is C18H25ClFN3O2. The highest BCUT2D eigenvalue weighted by Gasteiger charge is 2.07. The summed E-state index contributed by atoms with van der Waals surface area (Å²) in [5.41, 5.74) is 6.92. The van der Waals surface area contributed by atoms with Crippen LogP contribution in [0.25, 0.3) is 11.5 Å². The Bertz CT molecular complexity index is 632. The fourth-order valence-corrected chi connectivity index (χ4v) is 2.35. The molecule has 2 rings (SSSR count). The van der Waals surface area contributed by atoms with Gasteiger partial charge in [0.1, 0.15) is 12.1 Å². The number of nitrogens with two attached hydrogens (primary N) is 1. The smallest absolute Gasteiger partial charge is 0.226 e. The van der Waals surface area contributed by atoms with E-state index in [2.05, 4.69) is 10.3 Å². The highest BCUT2D eigenvalue weighted by Crippen LogP contribution is 2.18. The van der Waals surface area contributed by atoms with E-state index in [0.717, 1.165) is 36.9 Å². The number of unbranched alkanes of at least 4 members (excludes halogenated alkanes) is 3. The lowest BCUT2D eigenvalue weighted by atomic mass is 10.1. The van der Waals surface area contributed by atoms with Crippen molar-refractivity contribution in [2.75, 3.05) is 13.1 Å². The number of oxazole rings is 1. The zero-order valence-electron chi connectivity index (χ0n) is 14.2. The number of hydrogen-bond donors (Lipinski definition) is 2. The van der Waals surface area contributed by atoms with Crippen LogP contribution >= 0.6 is 12.4 Å². The first kappa shape index (κ1) is 21.1. The largest absolute Gasteiger partial charge is 0.444 e. The van der Waals surface area contributed by atoms with Crippen molar-refractivity contribution in [2.24, 2.45) is 5.73 Å². The van der Waals surface area contributed by atoms with Gasteiger partial charge in [0.25, 0.3) is 0 Å². The number of amides is 1. The molecule has 0 atom stereocenters. The molecule has 0 radical (unpaired) electrons. The number of hydrogen-bond acceptors (Lipinski definition) is 4. The van der Waals surface area contributed by atoms with Crippen LogP contribution in [0.15, 0.2) is 34.9 Å². The number of aromatic nitrogens is 1. The fraction of sp³-hybridized carbons (Fsp3) is 0.444. The number of nitrogens with zero attached hydrogens (tertiary/aromatic N) is 1. The minimum absolute atomic E-state index is 0. The van der Waals surface area contributed by atoms with Crippen molar-refractivity contribution in [1.29, 1.82) is 0 Å². The molecule has 0 bridgehead atoms. The molecule has 1 aromatic heterocycles. The lowest BCUT2D eigenvalue weighted by Gasteiger charge is -2.03. The average Bonchev–Trinajstić information content (AvgIpc) is 3.04. The molecule has 0 saturated carbocycles. The normalized spacial score (nSPS) is 10.3. The van der Waals surface area contributed by atoms with E-state index in [4.69, 9.17) is 10.2 Å². The van der Waals surface area contributed by atoms with Gasteiger partial charge in [-0.05, 0) is 43.7 Å². The maximum Gasteiger partial charge on any atom is 0.226 e. The lowest BCUT2D eigenvalue weighted by molar-refractivity contribution is -0.121. The minimum atomic E-state index is -0.295. The zero-order valence-corrected chi connectivity index (χ0v) is 15.0. The first-order chi connectivity index (χ1) is 11.7. The number of benzene rings is 1. The Kier molecular flexibility index (Phi) is 9.80. The molecular weight excluding hydrogens is 345 g/mol. The number of rotatable bonds is 10. The van der Waals surface area contributed by atoms with Gasteiger partial charge in [-0.3, -0.25) is 4.79 Å². The van der Waals surface area contributed by atoms with Crippen LogP contribution in [0.3, 0.4) is 0 Å². The molecule has 0 unspecified atom stereocenters.